The second kappa shape index (κ2) is 6.62. The van der Waals surface area contributed by atoms with Gasteiger partial charge in [-0.1, -0.05) is 42.8 Å². The molecule has 106 valence electrons. The molecule has 1 aliphatic rings. The van der Waals surface area contributed by atoms with Crippen LogP contribution in [0.1, 0.15) is 25.3 Å². The van der Waals surface area contributed by atoms with Gasteiger partial charge in [0.15, 0.2) is 0 Å². The van der Waals surface area contributed by atoms with Gasteiger partial charge in [-0.3, -0.25) is 4.79 Å². The topological polar surface area (TPSA) is 49.3 Å². The molecule has 3 nitrogen and oxygen atoms in total. The summed E-state index contributed by atoms with van der Waals surface area (Å²) in [6.07, 6.45) is 7.59. The van der Waals surface area contributed by atoms with E-state index in [1.165, 1.54) is 0 Å². The number of para-hydroxylation sites is 1. The third-order valence-corrected chi connectivity index (χ3v) is 3.76. The Hall–Kier alpha value is -1.74. The number of benzene rings is 1. The van der Waals surface area contributed by atoms with Crippen molar-refractivity contribution in [2.24, 2.45) is 5.92 Å². The molecule has 0 aromatic heterocycles. The fourth-order valence-electron chi connectivity index (χ4n) is 2.37. The largest absolute Gasteiger partial charge is 0.481 e. The molecule has 0 saturated heterocycles. The number of rotatable bonds is 5. The number of carbonyl (C=O) groups is 1. The van der Waals surface area contributed by atoms with E-state index >= 15 is 0 Å². The van der Waals surface area contributed by atoms with Crippen LogP contribution in [0.4, 0.5) is 5.69 Å². The fraction of sp³-hybridized carbons (Fsp3) is 0.312. The van der Waals surface area contributed by atoms with Crippen LogP contribution in [0.25, 0.3) is 0 Å². The summed E-state index contributed by atoms with van der Waals surface area (Å²) in [4.78, 5) is 11.0. The highest BCUT2D eigenvalue weighted by Crippen LogP contribution is 2.32. The van der Waals surface area contributed by atoms with Crippen LogP contribution in [0.5, 0.6) is 0 Å². The number of carboxylic acids is 1. The number of aliphatic carboxylic acids is 1. The molecule has 1 aromatic carbocycles. The van der Waals surface area contributed by atoms with E-state index in [2.05, 4.69) is 12.2 Å². The monoisotopic (exact) mass is 291 g/mol. The van der Waals surface area contributed by atoms with Gasteiger partial charge in [0.1, 0.15) is 0 Å². The first-order valence-electron chi connectivity index (χ1n) is 6.74. The van der Waals surface area contributed by atoms with E-state index in [4.69, 9.17) is 16.7 Å². The van der Waals surface area contributed by atoms with Gasteiger partial charge < -0.3 is 10.4 Å². The van der Waals surface area contributed by atoms with Gasteiger partial charge in [0.25, 0.3) is 0 Å². The van der Waals surface area contributed by atoms with Crippen LogP contribution in [0.3, 0.4) is 0 Å². The van der Waals surface area contributed by atoms with Crippen LogP contribution in [0, 0.1) is 5.92 Å². The van der Waals surface area contributed by atoms with Crippen LogP contribution < -0.4 is 5.32 Å². The summed E-state index contributed by atoms with van der Waals surface area (Å²) >= 11 is 6.26. The Kier molecular flexibility index (Phi) is 4.85. The molecule has 0 spiro atoms. The number of allylic oxidation sites excluding steroid dienone is 4. The van der Waals surface area contributed by atoms with Crippen molar-refractivity contribution in [3.05, 3.63) is 52.7 Å². The molecule has 0 amide bonds. The van der Waals surface area contributed by atoms with Crippen molar-refractivity contribution in [2.45, 2.75) is 26.2 Å². The van der Waals surface area contributed by atoms with Gasteiger partial charge in [-0.2, -0.15) is 0 Å². The SMILES string of the molecule is CCc1cccc(Cl)c1NC1=CC=CCC1CC(=O)O. The van der Waals surface area contributed by atoms with Crippen molar-refractivity contribution < 1.29 is 9.90 Å². The van der Waals surface area contributed by atoms with Crippen molar-refractivity contribution >= 4 is 23.3 Å². The quantitative estimate of drug-likeness (QED) is 0.852. The summed E-state index contributed by atoms with van der Waals surface area (Å²) in [5, 5.41) is 13.0. The van der Waals surface area contributed by atoms with Gasteiger partial charge in [0.05, 0.1) is 17.1 Å². The lowest BCUT2D eigenvalue weighted by Crippen LogP contribution is -2.17. The van der Waals surface area contributed by atoms with Crippen LogP contribution in [-0.2, 0) is 11.2 Å². The summed E-state index contributed by atoms with van der Waals surface area (Å²) in [6.45, 7) is 2.07. The van der Waals surface area contributed by atoms with Crippen LogP contribution in [0.15, 0.2) is 42.1 Å². The van der Waals surface area contributed by atoms with Crippen molar-refractivity contribution in [1.82, 2.24) is 0 Å². The van der Waals surface area contributed by atoms with Crippen LogP contribution in [-0.4, -0.2) is 11.1 Å². The lowest BCUT2D eigenvalue weighted by atomic mass is 9.93. The van der Waals surface area contributed by atoms with Gasteiger partial charge in [-0.25, -0.2) is 0 Å². The summed E-state index contributed by atoms with van der Waals surface area (Å²) in [6, 6.07) is 5.80. The van der Waals surface area contributed by atoms with Gasteiger partial charge in [0, 0.05) is 11.6 Å². The van der Waals surface area contributed by atoms with E-state index in [0.717, 1.165) is 29.8 Å². The minimum Gasteiger partial charge on any atom is -0.481 e. The number of hydrogen-bond acceptors (Lipinski definition) is 2. The molecule has 0 radical (unpaired) electrons. The molecule has 1 unspecified atom stereocenters. The zero-order valence-corrected chi connectivity index (χ0v) is 12.2. The average molecular weight is 292 g/mol. The van der Waals surface area contributed by atoms with Crippen LogP contribution >= 0.6 is 11.6 Å². The van der Waals surface area contributed by atoms with Crippen molar-refractivity contribution in [3.8, 4) is 0 Å². The standard InChI is InChI=1S/C16H18ClNO2/c1-2-11-7-5-8-13(17)16(11)18-14-9-4-3-6-12(14)10-15(19)20/h3-5,7-9,12,18H,2,6,10H2,1H3,(H,19,20). The van der Waals surface area contributed by atoms with Crippen molar-refractivity contribution in [1.29, 1.82) is 0 Å². The molecular formula is C16H18ClNO2. The first-order chi connectivity index (χ1) is 9.61. The number of anilines is 1. The van der Waals surface area contributed by atoms with E-state index in [0.29, 0.717) is 5.02 Å². The molecule has 1 atom stereocenters. The lowest BCUT2D eigenvalue weighted by Gasteiger charge is -2.23. The maximum Gasteiger partial charge on any atom is 0.304 e. The average Bonchev–Trinajstić information content (AvgIpc) is 2.42. The molecular weight excluding hydrogens is 274 g/mol. The second-order valence-electron chi connectivity index (χ2n) is 4.83. The maximum absolute atomic E-state index is 11.0. The zero-order chi connectivity index (χ0) is 14.5. The van der Waals surface area contributed by atoms with Gasteiger partial charge >= 0.3 is 5.97 Å². The molecule has 0 bridgehead atoms. The highest BCUT2D eigenvalue weighted by molar-refractivity contribution is 6.33. The van der Waals surface area contributed by atoms with Gasteiger partial charge in [-0.15, -0.1) is 0 Å². The third-order valence-electron chi connectivity index (χ3n) is 3.44. The van der Waals surface area contributed by atoms with E-state index < -0.39 is 5.97 Å². The van der Waals surface area contributed by atoms with E-state index in [1.54, 1.807) is 0 Å². The first kappa shape index (κ1) is 14.7. The summed E-state index contributed by atoms with van der Waals surface area (Å²) in [5.41, 5.74) is 2.92. The number of halogens is 1. The minimum atomic E-state index is -0.784. The second-order valence-corrected chi connectivity index (χ2v) is 5.24. The predicted molar refractivity (Wildman–Crippen MR) is 82.0 cm³/mol. The Bertz CT molecular complexity index is 564. The summed E-state index contributed by atoms with van der Waals surface area (Å²) in [7, 11) is 0. The normalized spacial score (nSPS) is 17.7. The smallest absolute Gasteiger partial charge is 0.304 e. The molecule has 2 rings (SSSR count). The molecule has 1 aromatic rings. The minimum absolute atomic E-state index is 0.0292. The molecule has 4 heteroatoms. The Labute approximate surface area is 124 Å². The van der Waals surface area contributed by atoms with Gasteiger partial charge in [0.2, 0.25) is 0 Å². The molecule has 0 heterocycles. The van der Waals surface area contributed by atoms with Crippen molar-refractivity contribution in [3.63, 3.8) is 0 Å². The van der Waals surface area contributed by atoms with E-state index in [1.807, 2.05) is 36.4 Å². The summed E-state index contributed by atoms with van der Waals surface area (Å²) < 4.78 is 0. The maximum atomic E-state index is 11.0. The van der Waals surface area contributed by atoms with E-state index in [-0.39, 0.29) is 12.3 Å². The Morgan fingerprint density at radius 1 is 1.50 bits per heavy atom. The Morgan fingerprint density at radius 3 is 3.00 bits per heavy atom. The number of aryl methyl sites for hydroxylation is 1. The number of hydrogen-bond donors (Lipinski definition) is 2. The summed E-state index contributed by atoms with van der Waals surface area (Å²) in [5.74, 6) is -0.814. The lowest BCUT2D eigenvalue weighted by molar-refractivity contribution is -0.137. The molecule has 0 aliphatic heterocycles. The van der Waals surface area contributed by atoms with E-state index in [9.17, 15) is 4.79 Å². The highest BCUT2D eigenvalue weighted by Gasteiger charge is 2.20. The predicted octanol–water partition coefficient (Wildman–Crippen LogP) is 4.25. The van der Waals surface area contributed by atoms with Gasteiger partial charge in [-0.05, 0) is 30.5 Å². The molecule has 20 heavy (non-hydrogen) atoms. The van der Waals surface area contributed by atoms with Crippen LogP contribution in [0.2, 0.25) is 5.02 Å². The first-order valence-corrected chi connectivity index (χ1v) is 7.12. The fourth-order valence-corrected chi connectivity index (χ4v) is 2.61. The molecule has 1 aliphatic carbocycles. The highest BCUT2D eigenvalue weighted by atomic mass is 35.5. The number of nitrogens with one attached hydrogen (secondary N) is 1. The molecule has 2 N–H and O–H groups in total. The third kappa shape index (κ3) is 3.42. The zero-order valence-electron chi connectivity index (χ0n) is 11.4. The molecule has 0 fully saturated rings. The Morgan fingerprint density at radius 2 is 2.30 bits per heavy atom. The number of carboxylic acid groups (broad SMARTS) is 1. The molecule has 0 saturated carbocycles. The Balaban J connectivity index is 2.25. The van der Waals surface area contributed by atoms with Crippen molar-refractivity contribution in [2.75, 3.05) is 5.32 Å².